The SMILES string of the molecule is O=C(COc1ccc(C2SCCS2)cc1)NCc1cccc(Cl)c1. The van der Waals surface area contributed by atoms with Crippen molar-refractivity contribution in [2.45, 2.75) is 11.1 Å². The van der Waals surface area contributed by atoms with E-state index in [-0.39, 0.29) is 12.5 Å². The molecule has 0 aromatic heterocycles. The lowest BCUT2D eigenvalue weighted by molar-refractivity contribution is -0.123. The number of amides is 1. The van der Waals surface area contributed by atoms with Crippen molar-refractivity contribution in [1.82, 2.24) is 5.32 Å². The summed E-state index contributed by atoms with van der Waals surface area (Å²) in [7, 11) is 0. The molecule has 1 aliphatic heterocycles. The lowest BCUT2D eigenvalue weighted by atomic mass is 10.2. The number of rotatable bonds is 6. The Bertz CT molecular complexity index is 688. The molecule has 2 aromatic rings. The fourth-order valence-electron chi connectivity index (χ4n) is 2.32. The molecule has 1 N–H and O–H groups in total. The molecule has 1 saturated heterocycles. The average Bonchev–Trinajstić information content (AvgIpc) is 3.13. The maximum absolute atomic E-state index is 11.9. The number of benzene rings is 2. The second kappa shape index (κ2) is 8.70. The quantitative estimate of drug-likeness (QED) is 0.801. The van der Waals surface area contributed by atoms with Gasteiger partial charge in [0.05, 0.1) is 4.58 Å². The van der Waals surface area contributed by atoms with Crippen LogP contribution < -0.4 is 10.1 Å². The van der Waals surface area contributed by atoms with E-state index >= 15 is 0 Å². The normalized spacial score (nSPS) is 14.5. The highest BCUT2D eigenvalue weighted by molar-refractivity contribution is 8.19. The van der Waals surface area contributed by atoms with Crippen molar-refractivity contribution in [1.29, 1.82) is 0 Å². The predicted octanol–water partition coefficient (Wildman–Crippen LogP) is 4.51. The van der Waals surface area contributed by atoms with E-state index in [4.69, 9.17) is 16.3 Å². The lowest BCUT2D eigenvalue weighted by Gasteiger charge is -2.10. The summed E-state index contributed by atoms with van der Waals surface area (Å²) in [5, 5.41) is 3.49. The topological polar surface area (TPSA) is 38.3 Å². The van der Waals surface area contributed by atoms with E-state index in [1.807, 2.05) is 59.9 Å². The van der Waals surface area contributed by atoms with Crippen LogP contribution in [0.4, 0.5) is 0 Å². The molecule has 1 heterocycles. The Kier molecular flexibility index (Phi) is 6.35. The maximum Gasteiger partial charge on any atom is 0.258 e. The Morgan fingerprint density at radius 3 is 2.62 bits per heavy atom. The summed E-state index contributed by atoms with van der Waals surface area (Å²) >= 11 is 9.87. The summed E-state index contributed by atoms with van der Waals surface area (Å²) in [5.74, 6) is 2.98. The van der Waals surface area contributed by atoms with Crippen molar-refractivity contribution in [2.24, 2.45) is 0 Å². The van der Waals surface area contributed by atoms with Gasteiger partial charge in [0.15, 0.2) is 6.61 Å². The van der Waals surface area contributed by atoms with E-state index in [0.29, 0.717) is 21.9 Å². The number of ether oxygens (including phenoxy) is 1. The zero-order valence-electron chi connectivity index (χ0n) is 13.0. The largest absolute Gasteiger partial charge is 0.484 e. The minimum absolute atomic E-state index is 0.00679. The van der Waals surface area contributed by atoms with E-state index < -0.39 is 0 Å². The van der Waals surface area contributed by atoms with Crippen LogP contribution in [0.5, 0.6) is 5.75 Å². The van der Waals surface area contributed by atoms with Crippen LogP contribution in [0.15, 0.2) is 48.5 Å². The van der Waals surface area contributed by atoms with Crippen LogP contribution in [0.1, 0.15) is 15.7 Å². The monoisotopic (exact) mass is 379 g/mol. The Hall–Kier alpha value is -1.30. The highest BCUT2D eigenvalue weighted by Crippen LogP contribution is 2.45. The van der Waals surface area contributed by atoms with E-state index in [2.05, 4.69) is 17.4 Å². The molecule has 1 fully saturated rings. The van der Waals surface area contributed by atoms with Gasteiger partial charge in [0.2, 0.25) is 0 Å². The van der Waals surface area contributed by atoms with Crippen molar-refractivity contribution >= 4 is 41.0 Å². The van der Waals surface area contributed by atoms with Crippen LogP contribution in [0.3, 0.4) is 0 Å². The summed E-state index contributed by atoms with van der Waals surface area (Å²) in [6.45, 7) is 0.449. The molecule has 0 spiro atoms. The van der Waals surface area contributed by atoms with Crippen LogP contribution in [-0.2, 0) is 11.3 Å². The molecule has 0 saturated carbocycles. The number of nitrogens with one attached hydrogen (secondary N) is 1. The van der Waals surface area contributed by atoms with Gasteiger partial charge >= 0.3 is 0 Å². The van der Waals surface area contributed by atoms with E-state index in [0.717, 1.165) is 5.56 Å². The zero-order chi connectivity index (χ0) is 16.8. The summed E-state index contributed by atoms with van der Waals surface area (Å²) in [4.78, 5) is 11.9. The molecular weight excluding hydrogens is 362 g/mol. The number of hydrogen-bond donors (Lipinski definition) is 1. The number of hydrogen-bond acceptors (Lipinski definition) is 4. The molecule has 1 aliphatic rings. The molecule has 0 radical (unpaired) electrons. The van der Waals surface area contributed by atoms with Crippen molar-refractivity contribution in [2.75, 3.05) is 18.1 Å². The van der Waals surface area contributed by atoms with Gasteiger partial charge in [-0.3, -0.25) is 4.79 Å². The first-order valence-electron chi connectivity index (χ1n) is 7.68. The van der Waals surface area contributed by atoms with Crippen LogP contribution in [0, 0.1) is 0 Å². The van der Waals surface area contributed by atoms with Gasteiger partial charge in [0, 0.05) is 23.1 Å². The minimum Gasteiger partial charge on any atom is -0.484 e. The number of carbonyl (C=O) groups excluding carboxylic acids is 1. The minimum atomic E-state index is -0.152. The molecule has 1 amide bonds. The van der Waals surface area contributed by atoms with Gasteiger partial charge in [-0.1, -0.05) is 35.9 Å². The average molecular weight is 380 g/mol. The lowest BCUT2D eigenvalue weighted by Crippen LogP contribution is -2.28. The van der Waals surface area contributed by atoms with Crippen LogP contribution >= 0.6 is 35.1 Å². The van der Waals surface area contributed by atoms with Crippen LogP contribution in [-0.4, -0.2) is 24.0 Å². The molecule has 24 heavy (non-hydrogen) atoms. The van der Waals surface area contributed by atoms with Gasteiger partial charge in [-0.05, 0) is 35.4 Å². The Balaban J connectivity index is 1.44. The molecule has 0 atom stereocenters. The van der Waals surface area contributed by atoms with Gasteiger partial charge in [-0.25, -0.2) is 0 Å². The molecule has 3 nitrogen and oxygen atoms in total. The number of carbonyl (C=O) groups is 1. The highest BCUT2D eigenvalue weighted by Gasteiger charge is 2.17. The van der Waals surface area contributed by atoms with E-state index in [1.165, 1.54) is 17.1 Å². The van der Waals surface area contributed by atoms with Crippen molar-refractivity contribution < 1.29 is 9.53 Å². The Morgan fingerprint density at radius 2 is 1.92 bits per heavy atom. The third-order valence-corrected chi connectivity index (χ3v) is 6.86. The maximum atomic E-state index is 11.9. The molecule has 0 unspecified atom stereocenters. The summed E-state index contributed by atoms with van der Waals surface area (Å²) in [6.07, 6.45) is 0. The van der Waals surface area contributed by atoms with Crippen molar-refractivity contribution in [3.05, 3.63) is 64.7 Å². The summed E-state index contributed by atoms with van der Waals surface area (Å²) < 4.78 is 6.07. The van der Waals surface area contributed by atoms with Gasteiger partial charge in [-0.15, -0.1) is 23.5 Å². The first-order chi connectivity index (χ1) is 11.7. The molecule has 0 aliphatic carbocycles. The van der Waals surface area contributed by atoms with E-state index in [1.54, 1.807) is 0 Å². The van der Waals surface area contributed by atoms with Gasteiger partial charge in [0.25, 0.3) is 5.91 Å². The predicted molar refractivity (Wildman–Crippen MR) is 103 cm³/mol. The highest BCUT2D eigenvalue weighted by atomic mass is 35.5. The molecule has 126 valence electrons. The third-order valence-electron chi connectivity index (χ3n) is 3.52. The van der Waals surface area contributed by atoms with Gasteiger partial charge in [-0.2, -0.15) is 0 Å². The summed E-state index contributed by atoms with van der Waals surface area (Å²) in [5.41, 5.74) is 2.27. The third kappa shape index (κ3) is 5.10. The molecular formula is C18H18ClNO2S2. The second-order valence-electron chi connectivity index (χ2n) is 5.34. The van der Waals surface area contributed by atoms with Crippen molar-refractivity contribution in [3.63, 3.8) is 0 Å². The summed E-state index contributed by atoms with van der Waals surface area (Å²) in [6, 6.07) is 15.4. The molecule has 3 rings (SSSR count). The smallest absolute Gasteiger partial charge is 0.258 e. The second-order valence-corrected chi connectivity index (χ2v) is 8.50. The number of thioether (sulfide) groups is 2. The molecule has 2 aromatic carbocycles. The Morgan fingerprint density at radius 1 is 1.17 bits per heavy atom. The first-order valence-corrected chi connectivity index (χ1v) is 10.2. The van der Waals surface area contributed by atoms with Crippen LogP contribution in [0.2, 0.25) is 5.02 Å². The Labute approximate surface area is 155 Å². The fourth-order valence-corrected chi connectivity index (χ4v) is 5.39. The fraction of sp³-hybridized carbons (Fsp3) is 0.278. The van der Waals surface area contributed by atoms with Crippen molar-refractivity contribution in [3.8, 4) is 5.75 Å². The first kappa shape index (κ1) is 17.5. The molecule has 0 bridgehead atoms. The van der Waals surface area contributed by atoms with Crippen LogP contribution in [0.25, 0.3) is 0 Å². The standard InChI is InChI=1S/C18H18ClNO2S2/c19-15-3-1-2-13(10-15)11-20-17(21)12-22-16-6-4-14(5-7-16)18-23-8-9-24-18/h1-7,10,18H,8-9,11-12H2,(H,20,21). The number of halogens is 1. The van der Waals surface area contributed by atoms with Gasteiger partial charge < -0.3 is 10.1 Å². The van der Waals surface area contributed by atoms with E-state index in [9.17, 15) is 4.79 Å². The van der Waals surface area contributed by atoms with Gasteiger partial charge in [0.1, 0.15) is 5.75 Å². The molecule has 6 heteroatoms. The zero-order valence-corrected chi connectivity index (χ0v) is 15.4.